The molecule has 4 nitrogen and oxygen atoms in total. The van der Waals surface area contributed by atoms with E-state index in [1.54, 1.807) is 13.0 Å². The molecule has 0 saturated heterocycles. The summed E-state index contributed by atoms with van der Waals surface area (Å²) in [6.07, 6.45) is 1.24. The molecular weight excluding hydrogens is 134 g/mol. The molecule has 0 radical (unpaired) electrons. The van der Waals surface area contributed by atoms with Crippen LogP contribution in [-0.4, -0.2) is 24.2 Å². The number of rotatable bonds is 5. The van der Waals surface area contributed by atoms with E-state index in [-0.39, 0.29) is 12.6 Å². The Balaban J connectivity index is 3.33. The minimum atomic E-state index is -0.395. The average Bonchev–Trinajstić information content (AvgIpc) is 1.82. The van der Waals surface area contributed by atoms with Gasteiger partial charge in [-0.2, -0.15) is 0 Å². The monoisotopic (exact) mass is 145 g/mol. The highest BCUT2D eigenvalue weighted by atomic mass is 16.6. The molecule has 0 spiro atoms. The van der Waals surface area contributed by atoms with Crippen LogP contribution in [0.25, 0.3) is 0 Å². The predicted octanol–water partition coefficient (Wildman–Crippen LogP) is 0.854. The zero-order valence-electron chi connectivity index (χ0n) is 5.95. The van der Waals surface area contributed by atoms with Gasteiger partial charge in [-0.3, -0.25) is 10.1 Å². The van der Waals surface area contributed by atoms with Crippen molar-refractivity contribution in [3.8, 4) is 0 Å². The Morgan fingerprint density at radius 2 is 2.50 bits per heavy atom. The van der Waals surface area contributed by atoms with E-state index < -0.39 is 4.92 Å². The van der Waals surface area contributed by atoms with Gasteiger partial charge in [0, 0.05) is 4.92 Å². The average molecular weight is 145 g/mol. The van der Waals surface area contributed by atoms with Crippen LogP contribution in [0.15, 0.2) is 12.7 Å². The van der Waals surface area contributed by atoms with Crippen LogP contribution >= 0.6 is 0 Å². The first-order valence-corrected chi connectivity index (χ1v) is 3.01. The van der Waals surface area contributed by atoms with Gasteiger partial charge in [-0.05, 0) is 6.92 Å². The number of nitrogens with zero attached hydrogens (tertiary/aromatic N) is 1. The van der Waals surface area contributed by atoms with E-state index in [1.807, 2.05) is 0 Å². The van der Waals surface area contributed by atoms with Gasteiger partial charge in [-0.1, -0.05) is 6.08 Å². The maximum absolute atomic E-state index is 9.87. The summed E-state index contributed by atoms with van der Waals surface area (Å²) in [5.74, 6) is 0. The van der Waals surface area contributed by atoms with Crippen LogP contribution in [0, 0.1) is 10.1 Å². The van der Waals surface area contributed by atoms with E-state index in [0.717, 1.165) is 0 Å². The topological polar surface area (TPSA) is 52.4 Å². The highest BCUT2D eigenvalue weighted by Gasteiger charge is 2.07. The summed E-state index contributed by atoms with van der Waals surface area (Å²) in [7, 11) is 0. The van der Waals surface area contributed by atoms with Crippen molar-refractivity contribution in [2.24, 2.45) is 0 Å². The third-order valence-electron chi connectivity index (χ3n) is 0.905. The van der Waals surface area contributed by atoms with Gasteiger partial charge >= 0.3 is 0 Å². The van der Waals surface area contributed by atoms with Crippen molar-refractivity contribution in [2.45, 2.75) is 13.0 Å². The molecular formula is C6H11NO3. The molecule has 58 valence electrons. The molecule has 0 aromatic carbocycles. The molecule has 1 atom stereocenters. The number of nitro groups is 1. The van der Waals surface area contributed by atoms with E-state index in [4.69, 9.17) is 4.74 Å². The van der Waals surface area contributed by atoms with Crippen molar-refractivity contribution in [1.82, 2.24) is 0 Å². The summed E-state index contributed by atoms with van der Waals surface area (Å²) in [6.45, 7) is 5.30. The molecule has 0 aromatic heterocycles. The first kappa shape index (κ1) is 9.10. The van der Waals surface area contributed by atoms with Gasteiger partial charge in [0.25, 0.3) is 0 Å². The molecule has 0 aliphatic carbocycles. The van der Waals surface area contributed by atoms with E-state index in [0.29, 0.717) is 6.61 Å². The molecule has 0 rings (SSSR count). The summed E-state index contributed by atoms with van der Waals surface area (Å²) < 4.78 is 4.94. The minimum absolute atomic E-state index is 0.145. The Kier molecular flexibility index (Phi) is 4.49. The molecule has 10 heavy (non-hydrogen) atoms. The summed E-state index contributed by atoms with van der Waals surface area (Å²) in [6, 6.07) is 0. The molecule has 0 fully saturated rings. The molecule has 0 saturated carbocycles. The van der Waals surface area contributed by atoms with E-state index in [9.17, 15) is 10.1 Å². The third kappa shape index (κ3) is 5.24. The second-order valence-corrected chi connectivity index (χ2v) is 1.95. The van der Waals surface area contributed by atoms with Crippen molar-refractivity contribution in [2.75, 3.05) is 13.2 Å². The largest absolute Gasteiger partial charge is 0.368 e. The van der Waals surface area contributed by atoms with E-state index in [2.05, 4.69) is 6.58 Å². The van der Waals surface area contributed by atoms with E-state index in [1.165, 1.54) is 0 Å². The lowest BCUT2D eigenvalue weighted by Gasteiger charge is -2.04. The highest BCUT2D eigenvalue weighted by molar-refractivity contribution is 4.65. The second-order valence-electron chi connectivity index (χ2n) is 1.95. The molecule has 0 aliphatic heterocycles. The molecule has 0 bridgehead atoms. The zero-order chi connectivity index (χ0) is 7.98. The van der Waals surface area contributed by atoms with Crippen LogP contribution in [0.5, 0.6) is 0 Å². The standard InChI is InChI=1S/C6H11NO3/c1-3-4-10-6(2)5-7(8)9/h3,6H,1,4-5H2,2H3. The van der Waals surface area contributed by atoms with Crippen molar-refractivity contribution >= 4 is 0 Å². The second kappa shape index (κ2) is 4.93. The molecule has 1 unspecified atom stereocenters. The maximum Gasteiger partial charge on any atom is 0.229 e. The van der Waals surface area contributed by atoms with Crippen LogP contribution in [0.1, 0.15) is 6.92 Å². The number of hydrogen-bond acceptors (Lipinski definition) is 3. The van der Waals surface area contributed by atoms with Crippen molar-refractivity contribution in [3.05, 3.63) is 22.8 Å². The van der Waals surface area contributed by atoms with Crippen LogP contribution in [0.4, 0.5) is 0 Å². The van der Waals surface area contributed by atoms with Crippen LogP contribution < -0.4 is 0 Å². The van der Waals surface area contributed by atoms with Crippen molar-refractivity contribution < 1.29 is 9.66 Å². The van der Waals surface area contributed by atoms with Gasteiger partial charge in [-0.25, -0.2) is 0 Å². The minimum Gasteiger partial charge on any atom is -0.368 e. The number of hydrogen-bond donors (Lipinski definition) is 0. The fourth-order valence-electron chi connectivity index (χ4n) is 0.495. The van der Waals surface area contributed by atoms with Gasteiger partial charge in [0.15, 0.2) is 0 Å². The van der Waals surface area contributed by atoms with Crippen LogP contribution in [-0.2, 0) is 4.74 Å². The van der Waals surface area contributed by atoms with Crippen molar-refractivity contribution in [1.29, 1.82) is 0 Å². The first-order chi connectivity index (χ1) is 4.66. The summed E-state index contributed by atoms with van der Waals surface area (Å²) in [5.41, 5.74) is 0. The lowest BCUT2D eigenvalue weighted by molar-refractivity contribution is -0.490. The summed E-state index contributed by atoms with van der Waals surface area (Å²) >= 11 is 0. The summed E-state index contributed by atoms with van der Waals surface area (Å²) in [5, 5.41) is 9.87. The van der Waals surface area contributed by atoms with Crippen molar-refractivity contribution in [3.63, 3.8) is 0 Å². The molecule has 0 N–H and O–H groups in total. The lowest BCUT2D eigenvalue weighted by Crippen LogP contribution is -2.19. The smallest absolute Gasteiger partial charge is 0.229 e. The molecule has 0 amide bonds. The third-order valence-corrected chi connectivity index (χ3v) is 0.905. The highest BCUT2D eigenvalue weighted by Crippen LogP contribution is 1.90. The first-order valence-electron chi connectivity index (χ1n) is 3.01. The Morgan fingerprint density at radius 1 is 1.90 bits per heavy atom. The molecule has 0 heterocycles. The quantitative estimate of drug-likeness (QED) is 0.327. The molecule has 0 aliphatic rings. The van der Waals surface area contributed by atoms with Gasteiger partial charge in [0.1, 0.15) is 6.10 Å². The number of ether oxygens (including phenoxy) is 1. The van der Waals surface area contributed by atoms with Crippen LogP contribution in [0.3, 0.4) is 0 Å². The van der Waals surface area contributed by atoms with Gasteiger partial charge in [-0.15, -0.1) is 6.58 Å². The van der Waals surface area contributed by atoms with E-state index >= 15 is 0 Å². The SMILES string of the molecule is C=CCOC(C)C[N+](=O)[O-]. The Bertz CT molecular complexity index is 124. The Labute approximate surface area is 59.6 Å². The fraction of sp³-hybridized carbons (Fsp3) is 0.667. The van der Waals surface area contributed by atoms with Gasteiger partial charge in [0.2, 0.25) is 6.54 Å². The zero-order valence-corrected chi connectivity index (χ0v) is 5.95. The Hall–Kier alpha value is -0.900. The normalized spacial score (nSPS) is 12.5. The lowest BCUT2D eigenvalue weighted by atomic mass is 10.4. The fourth-order valence-corrected chi connectivity index (χ4v) is 0.495. The summed E-state index contributed by atoms with van der Waals surface area (Å²) in [4.78, 5) is 9.48. The molecule has 0 aromatic rings. The van der Waals surface area contributed by atoms with Gasteiger partial charge < -0.3 is 4.74 Å². The molecule has 4 heteroatoms. The maximum atomic E-state index is 9.87. The predicted molar refractivity (Wildman–Crippen MR) is 37.5 cm³/mol. The Morgan fingerprint density at radius 3 is 2.90 bits per heavy atom. The van der Waals surface area contributed by atoms with Crippen LogP contribution in [0.2, 0.25) is 0 Å². The van der Waals surface area contributed by atoms with Gasteiger partial charge in [0.05, 0.1) is 6.61 Å².